The van der Waals surface area contributed by atoms with Crippen molar-refractivity contribution >= 4 is 5.78 Å². The molecule has 1 saturated heterocycles. The number of carbonyl (C=O) groups excluding carboxylic acids is 1. The summed E-state index contributed by atoms with van der Waals surface area (Å²) in [5.41, 5.74) is -0.657. The average Bonchev–Trinajstić information content (AvgIpc) is 2.99. The standard InChI is InChI=1S/C12H18O5/c1-5-7(13)4-6(9(15)8(5)14)10-11(17-10)12(2,3)16/h4-5,8-11,14-16H,1-3H3/t5-,8+,9+,10-,11-/m0/s1. The first kappa shape index (κ1) is 12.7. The minimum atomic E-state index is -1.10. The van der Waals surface area contributed by atoms with Crippen LogP contribution in [0, 0.1) is 5.92 Å². The van der Waals surface area contributed by atoms with E-state index in [0.29, 0.717) is 5.57 Å². The molecule has 3 N–H and O–H groups in total. The minimum absolute atomic E-state index is 0.220. The van der Waals surface area contributed by atoms with Crippen LogP contribution in [0.5, 0.6) is 0 Å². The molecule has 0 aromatic rings. The summed E-state index contributed by atoms with van der Waals surface area (Å²) in [5, 5.41) is 29.4. The van der Waals surface area contributed by atoms with Crippen LogP contribution < -0.4 is 0 Å². The molecule has 0 aromatic heterocycles. The van der Waals surface area contributed by atoms with Crippen molar-refractivity contribution < 1.29 is 24.9 Å². The lowest BCUT2D eigenvalue weighted by Crippen LogP contribution is -2.43. The Balaban J connectivity index is 2.18. The van der Waals surface area contributed by atoms with Gasteiger partial charge in [-0.1, -0.05) is 6.92 Å². The Morgan fingerprint density at radius 3 is 2.41 bits per heavy atom. The monoisotopic (exact) mass is 242 g/mol. The first-order chi connectivity index (χ1) is 7.73. The van der Waals surface area contributed by atoms with Crippen molar-refractivity contribution in [3.8, 4) is 0 Å². The predicted octanol–water partition coefficient (Wildman–Crippen LogP) is -0.608. The Labute approximate surface area is 99.7 Å². The molecule has 1 heterocycles. The summed E-state index contributed by atoms with van der Waals surface area (Å²) in [6, 6.07) is 0. The molecule has 96 valence electrons. The lowest BCUT2D eigenvalue weighted by molar-refractivity contribution is -0.125. The van der Waals surface area contributed by atoms with Gasteiger partial charge in [-0.25, -0.2) is 0 Å². The molecule has 0 aromatic carbocycles. The minimum Gasteiger partial charge on any atom is -0.389 e. The van der Waals surface area contributed by atoms with Gasteiger partial charge in [0.05, 0.1) is 11.7 Å². The number of carbonyl (C=O) groups is 1. The average molecular weight is 242 g/mol. The van der Waals surface area contributed by atoms with Crippen molar-refractivity contribution in [1.29, 1.82) is 0 Å². The molecule has 1 aliphatic carbocycles. The summed E-state index contributed by atoms with van der Waals surface area (Å²) in [7, 11) is 0. The Hall–Kier alpha value is -0.750. The van der Waals surface area contributed by atoms with Gasteiger partial charge >= 0.3 is 0 Å². The first-order valence-electron chi connectivity index (χ1n) is 5.72. The van der Waals surface area contributed by atoms with Crippen LogP contribution in [0.1, 0.15) is 20.8 Å². The van der Waals surface area contributed by atoms with Crippen LogP contribution in [-0.2, 0) is 9.53 Å². The number of aliphatic hydroxyl groups excluding tert-OH is 2. The van der Waals surface area contributed by atoms with Gasteiger partial charge in [-0.3, -0.25) is 4.79 Å². The summed E-state index contributed by atoms with van der Waals surface area (Å²) >= 11 is 0. The third kappa shape index (κ3) is 2.15. The first-order valence-corrected chi connectivity index (χ1v) is 5.72. The molecule has 0 bridgehead atoms. The fourth-order valence-electron chi connectivity index (χ4n) is 2.17. The fraction of sp³-hybridized carbons (Fsp3) is 0.750. The van der Waals surface area contributed by atoms with Crippen LogP contribution in [0.2, 0.25) is 0 Å². The van der Waals surface area contributed by atoms with Crippen molar-refractivity contribution in [1.82, 2.24) is 0 Å². The van der Waals surface area contributed by atoms with Gasteiger partial charge in [-0.05, 0) is 25.5 Å². The molecule has 17 heavy (non-hydrogen) atoms. The highest BCUT2D eigenvalue weighted by atomic mass is 16.6. The topological polar surface area (TPSA) is 90.3 Å². The summed E-state index contributed by atoms with van der Waals surface area (Å²) in [4.78, 5) is 11.6. The van der Waals surface area contributed by atoms with Crippen molar-refractivity contribution in [2.45, 2.75) is 50.8 Å². The highest BCUT2D eigenvalue weighted by Gasteiger charge is 2.54. The van der Waals surface area contributed by atoms with E-state index in [1.165, 1.54) is 6.08 Å². The van der Waals surface area contributed by atoms with E-state index in [0.717, 1.165) is 0 Å². The third-order valence-corrected chi connectivity index (χ3v) is 3.45. The number of epoxide rings is 1. The van der Waals surface area contributed by atoms with Crippen LogP contribution in [0.3, 0.4) is 0 Å². The molecule has 0 amide bonds. The molecular formula is C12H18O5. The van der Waals surface area contributed by atoms with Crippen LogP contribution in [-0.4, -0.2) is 51.1 Å². The highest BCUT2D eigenvalue weighted by Crippen LogP contribution is 2.40. The molecule has 0 saturated carbocycles. The van der Waals surface area contributed by atoms with Gasteiger partial charge in [0.2, 0.25) is 0 Å². The quantitative estimate of drug-likeness (QED) is 0.562. The molecular weight excluding hydrogens is 224 g/mol. The highest BCUT2D eigenvalue weighted by molar-refractivity contribution is 5.94. The van der Waals surface area contributed by atoms with E-state index < -0.39 is 35.9 Å². The van der Waals surface area contributed by atoms with Crippen LogP contribution in [0.15, 0.2) is 11.6 Å². The van der Waals surface area contributed by atoms with Gasteiger partial charge in [0.1, 0.15) is 18.3 Å². The third-order valence-electron chi connectivity index (χ3n) is 3.45. The molecule has 1 fully saturated rings. The van der Waals surface area contributed by atoms with E-state index in [-0.39, 0.29) is 5.78 Å². The molecule has 2 rings (SSSR count). The summed E-state index contributed by atoms with van der Waals surface area (Å²) < 4.78 is 5.28. The number of allylic oxidation sites excluding steroid dienone is 1. The van der Waals surface area contributed by atoms with Gasteiger partial charge < -0.3 is 20.1 Å². The zero-order valence-corrected chi connectivity index (χ0v) is 10.1. The normalized spacial score (nSPS) is 42.4. The van der Waals surface area contributed by atoms with Gasteiger partial charge in [-0.2, -0.15) is 0 Å². The van der Waals surface area contributed by atoms with E-state index in [2.05, 4.69) is 0 Å². The Morgan fingerprint density at radius 1 is 1.35 bits per heavy atom. The molecule has 5 nitrogen and oxygen atoms in total. The van der Waals surface area contributed by atoms with Crippen LogP contribution in [0.25, 0.3) is 0 Å². The maximum Gasteiger partial charge on any atom is 0.161 e. The van der Waals surface area contributed by atoms with Crippen molar-refractivity contribution in [3.05, 3.63) is 11.6 Å². The van der Waals surface area contributed by atoms with Crippen LogP contribution in [0.4, 0.5) is 0 Å². The number of rotatable bonds is 2. The predicted molar refractivity (Wildman–Crippen MR) is 59.2 cm³/mol. The van der Waals surface area contributed by atoms with Gasteiger partial charge in [-0.15, -0.1) is 0 Å². The van der Waals surface area contributed by atoms with Crippen LogP contribution >= 0.6 is 0 Å². The second kappa shape index (κ2) is 3.88. The Morgan fingerprint density at radius 2 is 1.94 bits per heavy atom. The smallest absolute Gasteiger partial charge is 0.161 e. The lowest BCUT2D eigenvalue weighted by atomic mass is 9.82. The number of ether oxygens (including phenoxy) is 1. The van der Waals surface area contributed by atoms with Gasteiger partial charge in [0, 0.05) is 5.92 Å². The lowest BCUT2D eigenvalue weighted by Gasteiger charge is -2.28. The zero-order chi connectivity index (χ0) is 13.0. The van der Waals surface area contributed by atoms with E-state index in [4.69, 9.17) is 4.74 Å². The summed E-state index contributed by atoms with van der Waals surface area (Å²) in [5.74, 6) is -0.823. The number of hydrogen-bond acceptors (Lipinski definition) is 5. The fourth-order valence-corrected chi connectivity index (χ4v) is 2.17. The molecule has 0 unspecified atom stereocenters. The molecule has 2 aliphatic rings. The molecule has 1 aliphatic heterocycles. The van der Waals surface area contributed by atoms with Crippen molar-refractivity contribution in [3.63, 3.8) is 0 Å². The SMILES string of the molecule is C[C@H]1C(=O)C=C([C@@H]2O[C@@H]2C(C)(C)O)[C@@H](O)[C@@H]1O. The van der Waals surface area contributed by atoms with Crippen molar-refractivity contribution in [2.24, 2.45) is 5.92 Å². The van der Waals surface area contributed by atoms with E-state index in [1.807, 2.05) is 0 Å². The molecule has 0 spiro atoms. The van der Waals surface area contributed by atoms with Crippen molar-refractivity contribution in [2.75, 3.05) is 0 Å². The zero-order valence-electron chi connectivity index (χ0n) is 10.1. The second-order valence-electron chi connectivity index (χ2n) is 5.40. The molecule has 0 radical (unpaired) electrons. The van der Waals surface area contributed by atoms with Gasteiger partial charge in [0.25, 0.3) is 0 Å². The van der Waals surface area contributed by atoms with E-state index in [9.17, 15) is 20.1 Å². The molecule has 5 heteroatoms. The van der Waals surface area contributed by atoms with Gasteiger partial charge in [0.15, 0.2) is 5.78 Å². The second-order valence-corrected chi connectivity index (χ2v) is 5.40. The maximum atomic E-state index is 11.6. The summed E-state index contributed by atoms with van der Waals surface area (Å²) in [6.07, 6.45) is -1.78. The number of hydrogen-bond donors (Lipinski definition) is 3. The number of aliphatic hydroxyl groups is 3. The Kier molecular flexibility index (Phi) is 2.90. The van der Waals surface area contributed by atoms with E-state index in [1.54, 1.807) is 20.8 Å². The maximum absolute atomic E-state index is 11.6. The largest absolute Gasteiger partial charge is 0.389 e. The summed E-state index contributed by atoms with van der Waals surface area (Å²) in [6.45, 7) is 4.79. The molecule has 5 atom stereocenters. The Bertz CT molecular complexity index is 368. The van der Waals surface area contributed by atoms with E-state index >= 15 is 0 Å². The number of ketones is 1.